The number of ether oxygens (including phenoxy) is 2. The summed E-state index contributed by atoms with van der Waals surface area (Å²) in [5.41, 5.74) is 1.17. The van der Waals surface area contributed by atoms with Crippen LogP contribution in [0.3, 0.4) is 0 Å². The Morgan fingerprint density at radius 1 is 1.22 bits per heavy atom. The molecule has 1 aliphatic carbocycles. The molecule has 0 heterocycles. The minimum atomic E-state index is 0. The van der Waals surface area contributed by atoms with Gasteiger partial charge in [0.15, 0.2) is 5.96 Å². The Hall–Kier alpha value is -1.06. The highest BCUT2D eigenvalue weighted by atomic mass is 127. The molecule has 7 heteroatoms. The first-order chi connectivity index (χ1) is 12.7. The number of methoxy groups -OCH3 is 1. The van der Waals surface area contributed by atoms with Gasteiger partial charge in [-0.05, 0) is 38.8 Å². The Balaban J connectivity index is 0.00000364. The summed E-state index contributed by atoms with van der Waals surface area (Å²) in [5.74, 6) is 1.80. The van der Waals surface area contributed by atoms with Crippen LogP contribution in [0.2, 0.25) is 0 Å². The molecule has 1 aliphatic rings. The topological polar surface area (TPSA) is 58.1 Å². The van der Waals surface area contributed by atoms with E-state index in [4.69, 9.17) is 9.47 Å². The van der Waals surface area contributed by atoms with Crippen LogP contribution >= 0.6 is 24.0 Å². The number of likely N-dealkylation sites (N-methyl/N-ethyl adjacent to an activating group) is 1. The largest absolute Gasteiger partial charge is 0.490 e. The van der Waals surface area contributed by atoms with Crippen LogP contribution in [0.4, 0.5) is 0 Å². The average molecular weight is 490 g/mol. The van der Waals surface area contributed by atoms with E-state index in [1.165, 1.54) is 24.8 Å². The number of aliphatic imine (C=N–C) groups is 1. The molecule has 0 aromatic heterocycles. The number of benzene rings is 1. The summed E-state index contributed by atoms with van der Waals surface area (Å²) in [7, 11) is 5.67. The third-order valence-corrected chi connectivity index (χ3v) is 4.66. The zero-order valence-corrected chi connectivity index (χ0v) is 19.2. The third-order valence-electron chi connectivity index (χ3n) is 4.66. The van der Waals surface area contributed by atoms with Crippen LogP contribution in [0.25, 0.3) is 0 Å². The van der Waals surface area contributed by atoms with Gasteiger partial charge in [0.05, 0.1) is 6.10 Å². The van der Waals surface area contributed by atoms with Gasteiger partial charge >= 0.3 is 0 Å². The molecule has 154 valence electrons. The molecular weight excluding hydrogens is 455 g/mol. The fraction of sp³-hybridized carbons (Fsp3) is 0.650. The number of nitrogens with one attached hydrogen (secondary N) is 2. The predicted molar refractivity (Wildman–Crippen MR) is 122 cm³/mol. The maximum atomic E-state index is 6.09. The van der Waals surface area contributed by atoms with E-state index in [0.717, 1.165) is 44.4 Å². The van der Waals surface area contributed by atoms with E-state index in [2.05, 4.69) is 45.8 Å². The lowest BCUT2D eigenvalue weighted by Gasteiger charge is -2.27. The number of hydrogen-bond donors (Lipinski definition) is 2. The minimum Gasteiger partial charge on any atom is -0.490 e. The van der Waals surface area contributed by atoms with Gasteiger partial charge in [-0.1, -0.05) is 18.2 Å². The van der Waals surface area contributed by atoms with Crippen LogP contribution in [-0.2, 0) is 11.3 Å². The van der Waals surface area contributed by atoms with E-state index in [0.29, 0.717) is 12.6 Å². The first-order valence-corrected chi connectivity index (χ1v) is 9.59. The molecule has 2 N–H and O–H groups in total. The average Bonchev–Trinajstić information content (AvgIpc) is 2.62. The molecule has 1 saturated carbocycles. The molecule has 0 bridgehead atoms. The van der Waals surface area contributed by atoms with Crippen molar-refractivity contribution < 1.29 is 9.47 Å². The summed E-state index contributed by atoms with van der Waals surface area (Å²) < 4.78 is 11.2. The van der Waals surface area contributed by atoms with Crippen LogP contribution in [0.1, 0.15) is 31.2 Å². The van der Waals surface area contributed by atoms with Crippen molar-refractivity contribution in [2.45, 2.75) is 38.3 Å². The monoisotopic (exact) mass is 490 g/mol. The highest BCUT2D eigenvalue weighted by molar-refractivity contribution is 14.0. The Morgan fingerprint density at radius 3 is 2.67 bits per heavy atom. The number of halogens is 1. The summed E-state index contributed by atoms with van der Waals surface area (Å²) in [6.45, 7) is 4.36. The van der Waals surface area contributed by atoms with Gasteiger partial charge in [0.25, 0.3) is 0 Å². The number of hydrogen-bond acceptors (Lipinski definition) is 4. The Kier molecular flexibility index (Phi) is 12.4. The molecule has 27 heavy (non-hydrogen) atoms. The molecule has 0 radical (unpaired) electrons. The molecule has 1 aromatic rings. The second-order valence-corrected chi connectivity index (χ2v) is 6.78. The number of rotatable bonds is 11. The first-order valence-electron chi connectivity index (χ1n) is 9.59. The maximum Gasteiger partial charge on any atom is 0.191 e. The second kappa shape index (κ2) is 14.0. The Bertz CT molecular complexity index is 553. The summed E-state index contributed by atoms with van der Waals surface area (Å²) in [6.07, 6.45) is 5.06. The van der Waals surface area contributed by atoms with E-state index in [1.807, 2.05) is 6.07 Å². The number of guanidine groups is 1. The summed E-state index contributed by atoms with van der Waals surface area (Å²) >= 11 is 0. The van der Waals surface area contributed by atoms with E-state index < -0.39 is 0 Å². The SMILES string of the molecule is CN=C(NCCN(C)CCCOC)NCc1ccccc1OC1CCC1.I. The van der Waals surface area contributed by atoms with Crippen LogP contribution in [0.5, 0.6) is 5.75 Å². The molecule has 6 nitrogen and oxygen atoms in total. The van der Waals surface area contributed by atoms with Gasteiger partial charge in [0.1, 0.15) is 5.75 Å². The van der Waals surface area contributed by atoms with E-state index in [1.54, 1.807) is 14.2 Å². The lowest BCUT2D eigenvalue weighted by molar-refractivity contribution is 0.119. The van der Waals surface area contributed by atoms with Crippen molar-refractivity contribution in [3.63, 3.8) is 0 Å². The Morgan fingerprint density at radius 2 is 2.00 bits per heavy atom. The smallest absolute Gasteiger partial charge is 0.191 e. The van der Waals surface area contributed by atoms with Crippen molar-refractivity contribution in [2.24, 2.45) is 4.99 Å². The summed E-state index contributed by atoms with van der Waals surface area (Å²) in [4.78, 5) is 6.60. The standard InChI is InChI=1S/C20H34N4O2.HI/c1-21-20(22-12-14-24(2)13-7-15-25-3)23-16-17-8-4-5-11-19(17)26-18-9-6-10-18;/h4-5,8,11,18H,6-7,9-10,12-16H2,1-3H3,(H2,21,22,23);1H. The second-order valence-electron chi connectivity index (χ2n) is 6.78. The lowest BCUT2D eigenvalue weighted by atomic mass is 9.96. The normalized spacial score (nSPS) is 14.4. The Labute approximate surface area is 181 Å². The van der Waals surface area contributed by atoms with Crippen LogP contribution in [0, 0.1) is 0 Å². The van der Waals surface area contributed by atoms with Gasteiger partial charge < -0.3 is 25.0 Å². The van der Waals surface area contributed by atoms with Gasteiger partial charge in [0.2, 0.25) is 0 Å². The van der Waals surface area contributed by atoms with E-state index in [9.17, 15) is 0 Å². The summed E-state index contributed by atoms with van der Waals surface area (Å²) in [6, 6.07) is 8.25. The zero-order valence-electron chi connectivity index (χ0n) is 16.9. The molecule has 0 spiro atoms. The van der Waals surface area contributed by atoms with Crippen molar-refractivity contribution in [1.82, 2.24) is 15.5 Å². The lowest BCUT2D eigenvalue weighted by Crippen LogP contribution is -2.40. The van der Waals surface area contributed by atoms with Crippen LogP contribution < -0.4 is 15.4 Å². The molecule has 0 unspecified atom stereocenters. The molecule has 0 atom stereocenters. The van der Waals surface area contributed by atoms with Crippen LogP contribution in [-0.4, -0.2) is 64.4 Å². The fourth-order valence-electron chi connectivity index (χ4n) is 2.79. The van der Waals surface area contributed by atoms with Gasteiger partial charge in [-0.2, -0.15) is 0 Å². The van der Waals surface area contributed by atoms with E-state index in [-0.39, 0.29) is 24.0 Å². The summed E-state index contributed by atoms with van der Waals surface area (Å²) in [5, 5.41) is 6.75. The molecular formula is C20H35IN4O2. The minimum absolute atomic E-state index is 0. The highest BCUT2D eigenvalue weighted by Crippen LogP contribution is 2.27. The third kappa shape index (κ3) is 9.12. The quantitative estimate of drug-likeness (QED) is 0.216. The van der Waals surface area contributed by atoms with Crippen molar-refractivity contribution >= 4 is 29.9 Å². The molecule has 0 amide bonds. The van der Waals surface area contributed by atoms with Crippen molar-refractivity contribution in [3.8, 4) is 5.75 Å². The van der Waals surface area contributed by atoms with E-state index >= 15 is 0 Å². The van der Waals surface area contributed by atoms with Gasteiger partial charge in [-0.3, -0.25) is 4.99 Å². The maximum absolute atomic E-state index is 6.09. The molecule has 2 rings (SSSR count). The van der Waals surface area contributed by atoms with Crippen molar-refractivity contribution in [2.75, 3.05) is 47.4 Å². The number of nitrogens with zero attached hydrogens (tertiary/aromatic N) is 2. The zero-order chi connectivity index (χ0) is 18.6. The van der Waals surface area contributed by atoms with Gasteiger partial charge in [-0.15, -0.1) is 24.0 Å². The first kappa shape index (κ1) is 24.0. The van der Waals surface area contributed by atoms with Gasteiger partial charge in [-0.25, -0.2) is 0 Å². The fourth-order valence-corrected chi connectivity index (χ4v) is 2.79. The van der Waals surface area contributed by atoms with Crippen LogP contribution in [0.15, 0.2) is 29.3 Å². The molecule has 0 saturated heterocycles. The molecule has 1 aromatic carbocycles. The predicted octanol–water partition coefficient (Wildman–Crippen LogP) is 2.87. The molecule has 0 aliphatic heterocycles. The van der Waals surface area contributed by atoms with Crippen molar-refractivity contribution in [1.29, 1.82) is 0 Å². The molecule has 1 fully saturated rings. The number of para-hydroxylation sites is 1. The van der Waals surface area contributed by atoms with Gasteiger partial charge in [0, 0.05) is 52.5 Å². The highest BCUT2D eigenvalue weighted by Gasteiger charge is 2.20. The van der Waals surface area contributed by atoms with Crippen molar-refractivity contribution in [3.05, 3.63) is 29.8 Å².